The maximum absolute atomic E-state index is 12.9. The molecule has 2 aliphatic rings. The lowest BCUT2D eigenvalue weighted by atomic mass is 9.87. The number of morpholine rings is 1. The van der Waals surface area contributed by atoms with E-state index in [1.54, 1.807) is 10.7 Å². The lowest BCUT2D eigenvalue weighted by Crippen LogP contribution is -2.46. The second-order valence-electron chi connectivity index (χ2n) is 9.86. The highest BCUT2D eigenvalue weighted by Crippen LogP contribution is 2.37. The lowest BCUT2D eigenvalue weighted by Gasteiger charge is -2.38. The van der Waals surface area contributed by atoms with Crippen LogP contribution in [0.25, 0.3) is 21.8 Å². The average molecular weight is 530 g/mol. The van der Waals surface area contributed by atoms with Gasteiger partial charge in [0.15, 0.2) is 11.9 Å². The van der Waals surface area contributed by atoms with Gasteiger partial charge in [-0.2, -0.15) is 10.4 Å². The molecule has 0 bridgehead atoms. The van der Waals surface area contributed by atoms with Crippen LogP contribution in [-0.2, 0) is 19.8 Å². The Morgan fingerprint density at radius 1 is 1.26 bits per heavy atom. The monoisotopic (exact) mass is 529 g/mol. The number of carbonyl (C=O) groups is 1. The predicted molar refractivity (Wildman–Crippen MR) is 143 cm³/mol. The molecular formula is C27H27N7O5. The van der Waals surface area contributed by atoms with E-state index in [9.17, 15) is 20.0 Å². The number of aromatic nitrogens is 4. The smallest absolute Gasteiger partial charge is 0.332 e. The third-order valence-electron chi connectivity index (χ3n) is 7.43. The van der Waals surface area contributed by atoms with Gasteiger partial charge < -0.3 is 29.8 Å². The van der Waals surface area contributed by atoms with Crippen LogP contribution in [0.15, 0.2) is 47.4 Å². The number of anilines is 3. The largest absolute Gasteiger partial charge is 0.479 e. The lowest BCUT2D eigenvalue weighted by molar-refractivity contribution is -0.158. The number of H-pyrrole nitrogens is 1. The van der Waals surface area contributed by atoms with Gasteiger partial charge in [-0.05, 0) is 49.2 Å². The van der Waals surface area contributed by atoms with E-state index in [0.717, 1.165) is 35.5 Å². The molecule has 0 spiro atoms. The summed E-state index contributed by atoms with van der Waals surface area (Å²) in [6.07, 6.45) is 1.25. The Hall–Kier alpha value is -4.47. The van der Waals surface area contributed by atoms with E-state index >= 15 is 0 Å². The summed E-state index contributed by atoms with van der Waals surface area (Å²) in [6, 6.07) is 13.7. The SMILES string of the molecule is N#CCC1(n2nc(Nc3ccc4nc(N5CCOCC5)ccc4c3)c3c(=O)[nH]ccc32)CCC(C(=O)O)OC1. The van der Waals surface area contributed by atoms with Crippen molar-refractivity contribution in [3.05, 3.63) is 52.9 Å². The van der Waals surface area contributed by atoms with E-state index in [1.807, 2.05) is 30.3 Å². The van der Waals surface area contributed by atoms with Gasteiger partial charge in [-0.3, -0.25) is 9.48 Å². The van der Waals surface area contributed by atoms with E-state index < -0.39 is 17.6 Å². The van der Waals surface area contributed by atoms with Crippen LogP contribution in [0.2, 0.25) is 0 Å². The number of fused-ring (bicyclic) bond motifs is 2. The van der Waals surface area contributed by atoms with Gasteiger partial charge in [-0.1, -0.05) is 0 Å². The number of nitriles is 1. The molecule has 2 aliphatic heterocycles. The fourth-order valence-corrected chi connectivity index (χ4v) is 5.36. The number of nitrogens with one attached hydrogen (secondary N) is 2. The number of nitrogens with zero attached hydrogens (tertiary/aromatic N) is 5. The topological polar surface area (TPSA) is 158 Å². The number of benzene rings is 1. The zero-order valence-corrected chi connectivity index (χ0v) is 21.1. The van der Waals surface area contributed by atoms with Crippen molar-refractivity contribution in [3.8, 4) is 6.07 Å². The Bertz CT molecular complexity index is 1640. The summed E-state index contributed by atoms with van der Waals surface area (Å²) in [5, 5.41) is 28.3. The minimum absolute atomic E-state index is 0.00628. The Kier molecular flexibility index (Phi) is 6.38. The molecule has 0 radical (unpaired) electrons. The summed E-state index contributed by atoms with van der Waals surface area (Å²) in [5.74, 6) is 0.208. The number of carboxylic acids is 1. The fraction of sp³-hybridized carbons (Fsp3) is 0.370. The second-order valence-corrected chi connectivity index (χ2v) is 9.86. The normalized spacial score (nSPS) is 21.6. The van der Waals surface area contributed by atoms with Gasteiger partial charge in [0, 0.05) is 30.4 Å². The van der Waals surface area contributed by atoms with Crippen molar-refractivity contribution in [1.82, 2.24) is 19.7 Å². The number of carboxylic acid groups (broad SMARTS) is 1. The van der Waals surface area contributed by atoms with Gasteiger partial charge in [0.05, 0.1) is 48.9 Å². The summed E-state index contributed by atoms with van der Waals surface area (Å²) in [7, 11) is 0. The number of hydrogen-bond donors (Lipinski definition) is 3. The van der Waals surface area contributed by atoms with Gasteiger partial charge >= 0.3 is 5.97 Å². The highest BCUT2D eigenvalue weighted by Gasteiger charge is 2.42. The number of aliphatic carboxylic acids is 1. The molecule has 6 rings (SSSR count). The van der Waals surface area contributed by atoms with Crippen LogP contribution >= 0.6 is 0 Å². The second kappa shape index (κ2) is 10.0. The molecule has 39 heavy (non-hydrogen) atoms. The molecule has 3 aromatic heterocycles. The summed E-state index contributed by atoms with van der Waals surface area (Å²) in [6.45, 7) is 2.97. The van der Waals surface area contributed by atoms with Crippen molar-refractivity contribution in [2.45, 2.75) is 30.9 Å². The first-order valence-electron chi connectivity index (χ1n) is 12.8. The van der Waals surface area contributed by atoms with Gasteiger partial charge in [0.25, 0.3) is 5.56 Å². The number of rotatable bonds is 6. The first-order chi connectivity index (χ1) is 19.0. The van der Waals surface area contributed by atoms with Gasteiger partial charge in [-0.25, -0.2) is 9.78 Å². The summed E-state index contributed by atoms with van der Waals surface area (Å²) in [4.78, 5) is 34.1. The quantitative estimate of drug-likeness (QED) is 0.339. The first kappa shape index (κ1) is 24.8. The predicted octanol–water partition coefficient (Wildman–Crippen LogP) is 2.73. The maximum Gasteiger partial charge on any atom is 0.332 e. The van der Waals surface area contributed by atoms with Crippen LogP contribution in [0.5, 0.6) is 0 Å². The van der Waals surface area contributed by atoms with Gasteiger partial charge in [0.1, 0.15) is 11.2 Å². The molecule has 2 unspecified atom stereocenters. The van der Waals surface area contributed by atoms with Crippen LogP contribution in [0.1, 0.15) is 19.3 Å². The van der Waals surface area contributed by atoms with Crippen molar-refractivity contribution in [2.24, 2.45) is 0 Å². The third-order valence-corrected chi connectivity index (χ3v) is 7.43. The minimum Gasteiger partial charge on any atom is -0.479 e. The minimum atomic E-state index is -1.03. The molecule has 5 heterocycles. The molecule has 1 aromatic carbocycles. The van der Waals surface area contributed by atoms with Crippen molar-refractivity contribution in [3.63, 3.8) is 0 Å². The van der Waals surface area contributed by atoms with E-state index in [0.29, 0.717) is 36.4 Å². The van der Waals surface area contributed by atoms with Crippen LogP contribution in [0.4, 0.5) is 17.3 Å². The maximum atomic E-state index is 12.9. The standard InChI is InChI=1S/C27H27N7O5/c28-9-8-27(7-5-21(26(36)37)39-16-27)34-20-6-10-29-25(35)23(20)24(32-34)30-18-2-3-19-17(15-18)1-4-22(31-19)33-11-13-38-14-12-33/h1-4,6,10,15,21H,5,7-8,11-14,16H2,(H,29,35)(H,30,32)(H,36,37). The molecule has 3 N–H and O–H groups in total. The molecule has 4 aromatic rings. The molecule has 2 atom stereocenters. The van der Waals surface area contributed by atoms with Crippen LogP contribution < -0.4 is 15.8 Å². The van der Waals surface area contributed by atoms with Crippen molar-refractivity contribution in [1.29, 1.82) is 5.26 Å². The Balaban J connectivity index is 1.35. The highest BCUT2D eigenvalue weighted by molar-refractivity contribution is 5.92. The molecule has 200 valence electrons. The van der Waals surface area contributed by atoms with Crippen LogP contribution in [-0.4, -0.2) is 69.8 Å². The van der Waals surface area contributed by atoms with E-state index in [4.69, 9.17) is 19.6 Å². The van der Waals surface area contributed by atoms with Crippen molar-refractivity contribution >= 4 is 45.1 Å². The van der Waals surface area contributed by atoms with E-state index in [2.05, 4.69) is 21.3 Å². The summed E-state index contributed by atoms with van der Waals surface area (Å²) < 4.78 is 12.7. The molecule has 12 heteroatoms. The van der Waals surface area contributed by atoms with Crippen LogP contribution in [0.3, 0.4) is 0 Å². The van der Waals surface area contributed by atoms with Crippen molar-refractivity contribution in [2.75, 3.05) is 43.1 Å². The number of hydrogen-bond acceptors (Lipinski definition) is 9. The number of ether oxygens (including phenoxy) is 2. The number of pyridine rings is 2. The van der Waals surface area contributed by atoms with Gasteiger partial charge in [0.2, 0.25) is 0 Å². The Morgan fingerprint density at radius 2 is 2.10 bits per heavy atom. The third kappa shape index (κ3) is 4.56. The molecule has 2 fully saturated rings. The first-order valence-corrected chi connectivity index (χ1v) is 12.8. The van der Waals surface area contributed by atoms with E-state index in [1.165, 1.54) is 6.20 Å². The molecular weight excluding hydrogens is 502 g/mol. The van der Waals surface area contributed by atoms with E-state index in [-0.39, 0.29) is 25.0 Å². The van der Waals surface area contributed by atoms with Gasteiger partial charge in [-0.15, -0.1) is 0 Å². The summed E-state index contributed by atoms with van der Waals surface area (Å²) in [5.41, 5.74) is 0.865. The van der Waals surface area contributed by atoms with Crippen LogP contribution in [0, 0.1) is 11.3 Å². The number of aromatic amines is 1. The Labute approximate surface area is 222 Å². The molecule has 0 aliphatic carbocycles. The zero-order chi connectivity index (χ0) is 27.0. The zero-order valence-electron chi connectivity index (χ0n) is 21.1. The molecule has 2 saturated heterocycles. The highest BCUT2D eigenvalue weighted by atomic mass is 16.5. The molecule has 0 amide bonds. The van der Waals surface area contributed by atoms with Crippen molar-refractivity contribution < 1.29 is 19.4 Å². The summed E-state index contributed by atoms with van der Waals surface area (Å²) >= 11 is 0. The Morgan fingerprint density at radius 3 is 2.85 bits per heavy atom. The average Bonchev–Trinajstić information content (AvgIpc) is 3.33. The molecule has 12 nitrogen and oxygen atoms in total. The molecule has 0 saturated carbocycles. The fourth-order valence-electron chi connectivity index (χ4n) is 5.36.